The molecule has 0 atom stereocenters. The second-order valence-electron chi connectivity index (χ2n) is 7.82. The smallest absolute Gasteiger partial charge is 0.362 e. The average molecular weight is 476 g/mol. The summed E-state index contributed by atoms with van der Waals surface area (Å²) in [6.45, 7) is 0.345. The molecule has 168 valence electrons. The molecular formula is C23H23Cl2N3O4. The fraction of sp³-hybridized carbons (Fsp3) is 0.348. The van der Waals surface area contributed by atoms with Crippen LogP contribution in [0.2, 0.25) is 10.0 Å². The number of benzene rings is 2. The van der Waals surface area contributed by atoms with E-state index in [1.54, 1.807) is 7.11 Å². The summed E-state index contributed by atoms with van der Waals surface area (Å²) >= 11 is 12.2. The summed E-state index contributed by atoms with van der Waals surface area (Å²) in [6.07, 6.45) is 3.28. The second-order valence-corrected chi connectivity index (χ2v) is 8.63. The first kappa shape index (κ1) is 22.4. The highest BCUT2D eigenvalue weighted by Crippen LogP contribution is 2.37. The van der Waals surface area contributed by atoms with Crippen LogP contribution in [-0.2, 0) is 6.54 Å². The van der Waals surface area contributed by atoms with Crippen molar-refractivity contribution in [1.29, 1.82) is 0 Å². The number of ether oxygens (including phenoxy) is 2. The zero-order valence-electron chi connectivity index (χ0n) is 17.5. The van der Waals surface area contributed by atoms with Gasteiger partial charge < -0.3 is 14.6 Å². The van der Waals surface area contributed by atoms with Gasteiger partial charge >= 0.3 is 5.97 Å². The highest BCUT2D eigenvalue weighted by Gasteiger charge is 2.28. The second kappa shape index (κ2) is 9.79. The lowest BCUT2D eigenvalue weighted by atomic mass is 9.83. The first-order valence-electron chi connectivity index (χ1n) is 10.4. The number of nitrogens with zero attached hydrogens (tertiary/aromatic N) is 3. The molecule has 0 saturated heterocycles. The van der Waals surface area contributed by atoms with Gasteiger partial charge in [-0.1, -0.05) is 46.6 Å². The molecule has 1 fully saturated rings. The number of methoxy groups -OCH3 is 1. The lowest BCUT2D eigenvalue weighted by molar-refractivity contribution is 0.0676. The Morgan fingerprint density at radius 2 is 1.81 bits per heavy atom. The number of hydrogen-bond donors (Lipinski definition) is 1. The Bertz CT molecular complexity index is 1090. The molecule has 7 nitrogen and oxygen atoms in total. The molecule has 2 aromatic carbocycles. The van der Waals surface area contributed by atoms with Crippen LogP contribution >= 0.6 is 23.2 Å². The van der Waals surface area contributed by atoms with E-state index < -0.39 is 5.97 Å². The van der Waals surface area contributed by atoms with Gasteiger partial charge in [0.15, 0.2) is 0 Å². The molecule has 9 heteroatoms. The van der Waals surface area contributed by atoms with Gasteiger partial charge in [-0.25, -0.2) is 9.48 Å². The largest absolute Gasteiger partial charge is 0.497 e. The van der Waals surface area contributed by atoms with E-state index in [9.17, 15) is 9.90 Å². The van der Waals surface area contributed by atoms with Crippen LogP contribution in [0.1, 0.15) is 53.2 Å². The van der Waals surface area contributed by atoms with Crippen molar-refractivity contribution in [1.82, 2.24) is 15.0 Å². The summed E-state index contributed by atoms with van der Waals surface area (Å²) in [7, 11) is 1.60. The predicted molar refractivity (Wildman–Crippen MR) is 121 cm³/mol. The number of carboxylic acids is 1. The van der Waals surface area contributed by atoms with Gasteiger partial charge in [0.05, 0.1) is 23.7 Å². The van der Waals surface area contributed by atoms with Gasteiger partial charge in [-0.3, -0.25) is 0 Å². The van der Waals surface area contributed by atoms with Crippen LogP contribution in [0.25, 0.3) is 0 Å². The van der Waals surface area contributed by atoms with Crippen molar-refractivity contribution in [3.63, 3.8) is 0 Å². The summed E-state index contributed by atoms with van der Waals surface area (Å²) in [5, 5.41) is 18.5. The van der Waals surface area contributed by atoms with Gasteiger partial charge in [-0.2, -0.15) is 0 Å². The zero-order valence-corrected chi connectivity index (χ0v) is 19.0. The van der Waals surface area contributed by atoms with Crippen LogP contribution < -0.4 is 9.47 Å². The number of aromatic carboxylic acids is 1. The molecule has 32 heavy (non-hydrogen) atoms. The van der Waals surface area contributed by atoms with Crippen molar-refractivity contribution in [3.05, 3.63) is 69.3 Å². The third-order valence-electron chi connectivity index (χ3n) is 5.75. The van der Waals surface area contributed by atoms with E-state index in [1.165, 1.54) is 4.68 Å². The molecule has 4 rings (SSSR count). The standard InChI is InChI=1S/C23H23Cl2N3O4/c1-31-17-7-2-14(3-8-17)13-28-22(21(23(29)30)26-27-28)32-18-9-4-15(5-10-18)16-6-11-19(24)20(25)12-16/h2-3,6-8,11-12,15,18H,4-5,9-10,13H2,1H3,(H,29,30)/t15-,18-. The number of halogens is 2. The van der Waals surface area contributed by atoms with Crippen molar-refractivity contribution in [2.45, 2.75) is 44.2 Å². The summed E-state index contributed by atoms with van der Waals surface area (Å²) in [5.74, 6) is 0.136. The number of rotatable bonds is 7. The van der Waals surface area contributed by atoms with Gasteiger partial charge in [0.25, 0.3) is 0 Å². The van der Waals surface area contributed by atoms with Gasteiger partial charge in [-0.15, -0.1) is 5.10 Å². The normalized spacial score (nSPS) is 18.3. The summed E-state index contributed by atoms with van der Waals surface area (Å²) in [4.78, 5) is 11.7. The van der Waals surface area contributed by atoms with Crippen LogP contribution in [0.3, 0.4) is 0 Å². The van der Waals surface area contributed by atoms with Crippen LogP contribution in [0, 0.1) is 0 Å². The first-order chi connectivity index (χ1) is 15.4. The highest BCUT2D eigenvalue weighted by atomic mass is 35.5. The fourth-order valence-corrected chi connectivity index (χ4v) is 4.31. The molecular weight excluding hydrogens is 453 g/mol. The van der Waals surface area contributed by atoms with E-state index >= 15 is 0 Å². The topological polar surface area (TPSA) is 86.5 Å². The molecule has 1 aliphatic carbocycles. The van der Waals surface area contributed by atoms with Crippen LogP contribution in [0.15, 0.2) is 42.5 Å². The lowest BCUT2D eigenvalue weighted by Crippen LogP contribution is -2.25. The van der Waals surface area contributed by atoms with Crippen molar-refractivity contribution in [3.8, 4) is 11.6 Å². The molecule has 1 aromatic heterocycles. The summed E-state index contributed by atoms with van der Waals surface area (Å²) in [5.41, 5.74) is 1.92. The molecule has 0 spiro atoms. The molecule has 0 radical (unpaired) electrons. The van der Waals surface area contributed by atoms with Gasteiger partial charge in [-0.05, 0) is 67.0 Å². The minimum Gasteiger partial charge on any atom is -0.497 e. The SMILES string of the molecule is COc1ccc(Cn2nnc(C(=O)O)c2O[C@H]2CC[C@H](c3ccc(Cl)c(Cl)c3)CC2)cc1. The minimum atomic E-state index is -1.16. The maximum atomic E-state index is 11.7. The molecule has 0 aliphatic heterocycles. The van der Waals surface area contributed by atoms with E-state index in [0.29, 0.717) is 22.5 Å². The highest BCUT2D eigenvalue weighted by molar-refractivity contribution is 6.42. The number of carbonyl (C=O) groups is 1. The minimum absolute atomic E-state index is 0.111. The van der Waals surface area contributed by atoms with E-state index in [-0.39, 0.29) is 17.7 Å². The van der Waals surface area contributed by atoms with E-state index in [2.05, 4.69) is 10.3 Å². The number of aromatic nitrogens is 3. The van der Waals surface area contributed by atoms with Crippen LogP contribution in [-0.4, -0.2) is 39.3 Å². The Morgan fingerprint density at radius 3 is 2.44 bits per heavy atom. The number of hydrogen-bond acceptors (Lipinski definition) is 5. The lowest BCUT2D eigenvalue weighted by Gasteiger charge is -2.29. The molecule has 0 amide bonds. The van der Waals surface area contributed by atoms with E-state index in [0.717, 1.165) is 42.6 Å². The van der Waals surface area contributed by atoms with Gasteiger partial charge in [0.2, 0.25) is 11.6 Å². The fourth-order valence-electron chi connectivity index (χ4n) is 4.00. The Balaban J connectivity index is 1.45. The maximum Gasteiger partial charge on any atom is 0.362 e. The first-order valence-corrected chi connectivity index (χ1v) is 11.1. The van der Waals surface area contributed by atoms with Crippen molar-refractivity contribution >= 4 is 29.2 Å². The molecule has 1 aliphatic rings. The third-order valence-corrected chi connectivity index (χ3v) is 6.49. The van der Waals surface area contributed by atoms with E-state index in [1.807, 2.05) is 42.5 Å². The third kappa shape index (κ3) is 5.00. The Hall–Kier alpha value is -2.77. The molecule has 1 N–H and O–H groups in total. The Morgan fingerprint density at radius 1 is 1.09 bits per heavy atom. The molecule has 0 bridgehead atoms. The molecule has 3 aromatic rings. The quantitative estimate of drug-likeness (QED) is 0.489. The Labute approximate surface area is 195 Å². The van der Waals surface area contributed by atoms with E-state index in [4.69, 9.17) is 32.7 Å². The van der Waals surface area contributed by atoms with Crippen molar-refractivity contribution in [2.24, 2.45) is 0 Å². The zero-order chi connectivity index (χ0) is 22.7. The molecule has 1 saturated carbocycles. The van der Waals surface area contributed by atoms with Gasteiger partial charge in [0.1, 0.15) is 11.9 Å². The predicted octanol–water partition coefficient (Wildman–Crippen LogP) is 5.45. The molecule has 1 heterocycles. The van der Waals surface area contributed by atoms with Crippen molar-refractivity contribution < 1.29 is 19.4 Å². The summed E-state index contributed by atoms with van der Waals surface area (Å²) in [6, 6.07) is 13.2. The number of carboxylic acid groups (broad SMARTS) is 1. The summed E-state index contributed by atoms with van der Waals surface area (Å²) < 4.78 is 12.8. The van der Waals surface area contributed by atoms with Gasteiger partial charge in [0, 0.05) is 0 Å². The molecule has 0 unspecified atom stereocenters. The van der Waals surface area contributed by atoms with Crippen LogP contribution in [0.4, 0.5) is 0 Å². The maximum absolute atomic E-state index is 11.7. The monoisotopic (exact) mass is 475 g/mol. The average Bonchev–Trinajstić information content (AvgIpc) is 3.19. The van der Waals surface area contributed by atoms with Crippen molar-refractivity contribution in [2.75, 3.05) is 7.11 Å². The Kier molecular flexibility index (Phi) is 6.86. The van der Waals surface area contributed by atoms with Crippen LogP contribution in [0.5, 0.6) is 11.6 Å².